The van der Waals surface area contributed by atoms with E-state index in [1.54, 1.807) is 59.1 Å². The van der Waals surface area contributed by atoms with Crippen LogP contribution in [0.3, 0.4) is 0 Å². The molecule has 0 heterocycles. The molecule has 5 rings (SSSR count). The van der Waals surface area contributed by atoms with Crippen LogP contribution in [-0.2, 0) is 5.41 Å². The van der Waals surface area contributed by atoms with Crippen molar-refractivity contribution in [2.45, 2.75) is 81.6 Å². The molecule has 0 N–H and O–H groups in total. The molecule has 0 aromatic heterocycles. The second kappa shape index (κ2) is 14.0. The third-order valence-corrected chi connectivity index (χ3v) is 9.42. The first-order valence-corrected chi connectivity index (χ1v) is 16.7. The molecule has 0 spiro atoms. The van der Waals surface area contributed by atoms with Gasteiger partial charge in [0.05, 0.1) is 7.11 Å². The summed E-state index contributed by atoms with van der Waals surface area (Å²) in [6.07, 6.45) is 0. The molecule has 0 fully saturated rings. The van der Waals surface area contributed by atoms with Crippen molar-refractivity contribution in [3.63, 3.8) is 0 Å². The molecule has 0 amide bonds. The third-order valence-electron chi connectivity index (χ3n) is 9.42. The summed E-state index contributed by atoms with van der Waals surface area (Å²) in [4.78, 5) is 0. The van der Waals surface area contributed by atoms with E-state index in [0.29, 0.717) is 33.8 Å². The molecule has 268 valence electrons. The summed E-state index contributed by atoms with van der Waals surface area (Å²) < 4.78 is 84.2. The van der Waals surface area contributed by atoms with Crippen molar-refractivity contribution in [2.24, 2.45) is 0 Å². The number of halogens is 4. The molecular weight excluding hydrogens is 656 g/mol. The maximum atomic E-state index is 15.4. The first-order chi connectivity index (χ1) is 23.8. The van der Waals surface area contributed by atoms with Gasteiger partial charge in [-0.2, -0.15) is 17.6 Å². The van der Waals surface area contributed by atoms with E-state index in [1.165, 1.54) is 5.56 Å². The van der Waals surface area contributed by atoms with E-state index in [1.807, 2.05) is 34.6 Å². The largest absolute Gasteiger partial charge is 0.496 e. The van der Waals surface area contributed by atoms with Crippen LogP contribution in [0, 0.1) is 85.6 Å². The van der Waals surface area contributed by atoms with E-state index < -0.39 is 34.8 Å². The van der Waals surface area contributed by atoms with Gasteiger partial charge in [-0.15, -0.1) is 0 Å². The van der Waals surface area contributed by atoms with Crippen molar-refractivity contribution in [3.05, 3.63) is 133 Å². The smallest absolute Gasteiger partial charge is 0.208 e. The normalized spacial score (nSPS) is 11.5. The maximum Gasteiger partial charge on any atom is 0.208 e. The fraction of sp³-hybridized carbons (Fsp3) is 0.302. The van der Waals surface area contributed by atoms with Crippen molar-refractivity contribution in [3.8, 4) is 40.2 Å². The highest BCUT2D eigenvalue weighted by molar-refractivity contribution is 5.55. The summed E-state index contributed by atoms with van der Waals surface area (Å²) >= 11 is 0. The van der Waals surface area contributed by atoms with E-state index in [-0.39, 0.29) is 16.9 Å². The first kappa shape index (κ1) is 37.3. The molecule has 0 atom stereocenters. The van der Waals surface area contributed by atoms with Crippen LogP contribution in [-0.4, -0.2) is 7.11 Å². The van der Waals surface area contributed by atoms with E-state index in [9.17, 15) is 0 Å². The number of methoxy groups -OCH3 is 1. The summed E-state index contributed by atoms with van der Waals surface area (Å²) in [6.45, 7) is 20.9. The Balaban J connectivity index is 1.43. The van der Waals surface area contributed by atoms with E-state index >= 15 is 17.6 Å². The van der Waals surface area contributed by atoms with Gasteiger partial charge >= 0.3 is 0 Å². The topological polar surface area (TPSA) is 36.9 Å². The van der Waals surface area contributed by atoms with Crippen LogP contribution in [0.15, 0.2) is 48.5 Å². The zero-order valence-corrected chi connectivity index (χ0v) is 31.3. The molecular formula is C43H44F4O4. The molecule has 0 radical (unpaired) electrons. The monoisotopic (exact) mass is 700 g/mol. The Morgan fingerprint density at radius 2 is 0.686 bits per heavy atom. The third kappa shape index (κ3) is 7.01. The fourth-order valence-electron chi connectivity index (χ4n) is 6.82. The van der Waals surface area contributed by atoms with Gasteiger partial charge < -0.3 is 18.9 Å². The second-order valence-corrected chi connectivity index (χ2v) is 14.0. The predicted octanol–water partition coefficient (Wildman–Crippen LogP) is 12.7. The highest BCUT2D eigenvalue weighted by Gasteiger charge is 2.31. The van der Waals surface area contributed by atoms with E-state index in [2.05, 4.69) is 38.1 Å². The number of aryl methyl sites for hydroxylation is 9. The summed E-state index contributed by atoms with van der Waals surface area (Å²) in [5.41, 5.74) is 8.86. The van der Waals surface area contributed by atoms with Gasteiger partial charge in [-0.1, -0.05) is 55.8 Å². The Labute approximate surface area is 298 Å². The Morgan fingerprint density at radius 3 is 1.04 bits per heavy atom. The molecule has 0 aliphatic heterocycles. The van der Waals surface area contributed by atoms with Crippen molar-refractivity contribution < 1.29 is 36.5 Å². The lowest BCUT2D eigenvalue weighted by Crippen LogP contribution is -2.20. The lowest BCUT2D eigenvalue weighted by atomic mass is 9.76. The first-order valence-electron chi connectivity index (χ1n) is 16.7. The average Bonchev–Trinajstić information content (AvgIpc) is 3.04. The molecule has 5 aromatic rings. The Morgan fingerprint density at radius 1 is 0.392 bits per heavy atom. The van der Waals surface area contributed by atoms with Crippen LogP contribution in [0.25, 0.3) is 0 Å². The molecule has 8 heteroatoms. The van der Waals surface area contributed by atoms with Gasteiger partial charge in [-0.3, -0.25) is 0 Å². The van der Waals surface area contributed by atoms with Gasteiger partial charge in [0.15, 0.2) is 0 Å². The molecule has 0 unspecified atom stereocenters. The SMILES string of the molecule is COc1c(C)cc(C(C)(C)c2cc(C)c(Oc3cc(C)c(Oc4c(F)c(F)c(Oc5c(C)cc(C)cc5C)c(F)c4F)c(C)c3)c(C)c2)cc1C. The van der Waals surface area contributed by atoms with Gasteiger partial charge in [0.25, 0.3) is 0 Å². The molecule has 0 aliphatic carbocycles. The molecule has 0 bridgehead atoms. The number of ether oxygens (including phenoxy) is 4. The molecule has 0 saturated heterocycles. The van der Waals surface area contributed by atoms with E-state index in [4.69, 9.17) is 18.9 Å². The quantitative estimate of drug-likeness (QED) is 0.113. The Bertz CT molecular complexity index is 2060. The number of hydrogen-bond acceptors (Lipinski definition) is 4. The number of hydrogen-bond donors (Lipinski definition) is 0. The summed E-state index contributed by atoms with van der Waals surface area (Å²) in [6, 6.07) is 15.3. The predicted molar refractivity (Wildman–Crippen MR) is 194 cm³/mol. The van der Waals surface area contributed by atoms with Crippen molar-refractivity contribution in [1.82, 2.24) is 0 Å². The van der Waals surface area contributed by atoms with Crippen LogP contribution in [0.1, 0.15) is 75.0 Å². The van der Waals surface area contributed by atoms with Crippen LogP contribution in [0.4, 0.5) is 17.6 Å². The van der Waals surface area contributed by atoms with Gasteiger partial charge in [0.1, 0.15) is 28.7 Å². The van der Waals surface area contributed by atoms with Gasteiger partial charge in [0, 0.05) is 5.41 Å². The summed E-state index contributed by atoms with van der Waals surface area (Å²) in [7, 11) is 1.68. The summed E-state index contributed by atoms with van der Waals surface area (Å²) in [5, 5.41) is 0. The Kier molecular flexibility index (Phi) is 10.2. The van der Waals surface area contributed by atoms with E-state index in [0.717, 1.165) is 39.1 Å². The summed E-state index contributed by atoms with van der Waals surface area (Å²) in [5.74, 6) is -7.05. The van der Waals surface area contributed by atoms with Crippen LogP contribution >= 0.6 is 0 Å². The van der Waals surface area contributed by atoms with Crippen LogP contribution < -0.4 is 18.9 Å². The van der Waals surface area contributed by atoms with Gasteiger partial charge in [-0.05, 0) is 130 Å². The Hall–Kier alpha value is -4.98. The van der Waals surface area contributed by atoms with Crippen LogP contribution in [0.2, 0.25) is 0 Å². The zero-order valence-electron chi connectivity index (χ0n) is 31.3. The molecule has 0 saturated carbocycles. The lowest BCUT2D eigenvalue weighted by molar-refractivity contribution is 0.328. The van der Waals surface area contributed by atoms with Crippen molar-refractivity contribution >= 4 is 0 Å². The van der Waals surface area contributed by atoms with Crippen molar-refractivity contribution in [2.75, 3.05) is 7.11 Å². The second-order valence-electron chi connectivity index (χ2n) is 14.0. The molecule has 51 heavy (non-hydrogen) atoms. The number of rotatable bonds is 9. The van der Waals surface area contributed by atoms with Gasteiger partial charge in [0.2, 0.25) is 34.8 Å². The average molecular weight is 701 g/mol. The number of benzene rings is 5. The van der Waals surface area contributed by atoms with Gasteiger partial charge in [-0.25, -0.2) is 0 Å². The maximum absolute atomic E-state index is 15.4. The van der Waals surface area contributed by atoms with Crippen LogP contribution in [0.5, 0.6) is 40.2 Å². The zero-order chi connectivity index (χ0) is 37.7. The fourth-order valence-corrected chi connectivity index (χ4v) is 6.82. The minimum Gasteiger partial charge on any atom is -0.496 e. The standard InChI is InChI=1S/C43H44F4O4/c1-21-13-22(2)39(23(3)14-21)50-41-33(44)35(46)42(36(47)34(41)45)51-40-28(8)19-32(20-29(40)9)49-38-26(6)17-31(18-27(38)7)43(10,11)30-15-24(4)37(48-12)25(5)16-30/h13-20H,1-12H3. The highest BCUT2D eigenvalue weighted by atomic mass is 19.2. The highest BCUT2D eigenvalue weighted by Crippen LogP contribution is 2.44. The minimum absolute atomic E-state index is 0.0356. The molecule has 0 aliphatic rings. The van der Waals surface area contributed by atoms with Crippen molar-refractivity contribution in [1.29, 1.82) is 0 Å². The lowest BCUT2D eigenvalue weighted by Gasteiger charge is -2.29. The minimum atomic E-state index is -1.71. The molecule has 5 aromatic carbocycles. The molecule has 4 nitrogen and oxygen atoms in total.